The zero-order valence-electron chi connectivity index (χ0n) is 12.7. The fourth-order valence-electron chi connectivity index (χ4n) is 2.50. The Morgan fingerprint density at radius 1 is 1.29 bits per heavy atom. The molecule has 1 saturated heterocycles. The quantitative estimate of drug-likeness (QED) is 0.796. The van der Waals surface area contributed by atoms with E-state index in [-0.39, 0.29) is 11.3 Å². The Hall–Kier alpha value is -0.780. The molecule has 21 heavy (non-hydrogen) atoms. The number of rotatable bonds is 4. The largest absolute Gasteiger partial charge is 0.496 e. The number of hydrogen-bond acceptors (Lipinski definition) is 3. The van der Waals surface area contributed by atoms with Crippen LogP contribution in [0.15, 0.2) is 23.1 Å². The first-order chi connectivity index (χ1) is 9.80. The van der Waals surface area contributed by atoms with Gasteiger partial charge < -0.3 is 4.74 Å². The summed E-state index contributed by atoms with van der Waals surface area (Å²) >= 11 is 5.87. The Kier molecular flexibility index (Phi) is 4.85. The van der Waals surface area contributed by atoms with Crippen molar-refractivity contribution in [2.24, 2.45) is 5.41 Å². The van der Waals surface area contributed by atoms with Crippen molar-refractivity contribution in [2.45, 2.75) is 37.5 Å². The van der Waals surface area contributed by atoms with Crippen LogP contribution >= 0.6 is 11.6 Å². The Balaban J connectivity index is 2.28. The number of hydrogen-bond donors (Lipinski definition) is 0. The summed E-state index contributed by atoms with van der Waals surface area (Å²) in [6.45, 7) is 5.49. The second-order valence-corrected chi connectivity index (χ2v) is 8.38. The lowest BCUT2D eigenvalue weighted by atomic mass is 9.83. The lowest BCUT2D eigenvalue weighted by molar-refractivity contribution is 0.196. The molecule has 0 unspecified atom stereocenters. The molecule has 0 spiro atoms. The van der Waals surface area contributed by atoms with Crippen molar-refractivity contribution in [1.82, 2.24) is 4.31 Å². The summed E-state index contributed by atoms with van der Waals surface area (Å²) in [5, 5.41) is 0. The summed E-state index contributed by atoms with van der Waals surface area (Å²) in [5.74, 6) is 0.836. The number of methoxy groups -OCH3 is 1. The zero-order valence-corrected chi connectivity index (χ0v) is 14.3. The van der Waals surface area contributed by atoms with Gasteiger partial charge in [-0.2, -0.15) is 4.31 Å². The second kappa shape index (κ2) is 6.15. The standard InChI is InChI=1S/C15H22ClNO3S/c1-15(2)6-8-17(9-7-15)21(18,19)13-4-5-14(20-3)12(10-13)11-16/h4-5,10H,6-9,11H2,1-3H3. The molecule has 1 aliphatic heterocycles. The molecule has 0 atom stereocenters. The molecule has 0 aromatic heterocycles. The zero-order chi connectivity index (χ0) is 15.7. The van der Waals surface area contributed by atoms with E-state index in [0.717, 1.165) is 12.8 Å². The molecular weight excluding hydrogens is 310 g/mol. The molecule has 0 radical (unpaired) electrons. The molecular formula is C15H22ClNO3S. The molecule has 1 aromatic carbocycles. The average Bonchev–Trinajstić information content (AvgIpc) is 2.46. The number of benzene rings is 1. The maximum atomic E-state index is 12.7. The van der Waals surface area contributed by atoms with Gasteiger partial charge in [-0.1, -0.05) is 13.8 Å². The van der Waals surface area contributed by atoms with Gasteiger partial charge >= 0.3 is 0 Å². The van der Waals surface area contributed by atoms with Crippen LogP contribution in [0.2, 0.25) is 0 Å². The molecule has 0 saturated carbocycles. The predicted octanol–water partition coefficient (Wildman–Crippen LogP) is 3.24. The molecule has 4 nitrogen and oxygen atoms in total. The number of piperidine rings is 1. The highest BCUT2D eigenvalue weighted by atomic mass is 35.5. The SMILES string of the molecule is COc1ccc(S(=O)(=O)N2CCC(C)(C)CC2)cc1CCl. The lowest BCUT2D eigenvalue weighted by Crippen LogP contribution is -2.41. The minimum atomic E-state index is -3.45. The molecule has 0 amide bonds. The summed E-state index contributed by atoms with van der Waals surface area (Å²) in [7, 11) is -1.90. The maximum absolute atomic E-state index is 12.7. The van der Waals surface area contributed by atoms with E-state index in [1.165, 1.54) is 0 Å². The van der Waals surface area contributed by atoms with Gasteiger partial charge in [-0.05, 0) is 36.5 Å². The Morgan fingerprint density at radius 2 is 1.90 bits per heavy atom. The lowest BCUT2D eigenvalue weighted by Gasteiger charge is -2.36. The Bertz CT molecular complexity index is 603. The molecule has 0 bridgehead atoms. The van der Waals surface area contributed by atoms with Gasteiger partial charge in [0.15, 0.2) is 0 Å². The summed E-state index contributed by atoms with van der Waals surface area (Å²) in [6.07, 6.45) is 1.76. The molecule has 0 N–H and O–H groups in total. The minimum Gasteiger partial charge on any atom is -0.496 e. The van der Waals surface area contributed by atoms with Crippen molar-refractivity contribution < 1.29 is 13.2 Å². The van der Waals surface area contributed by atoms with E-state index < -0.39 is 10.0 Å². The van der Waals surface area contributed by atoms with Gasteiger partial charge in [0.05, 0.1) is 17.9 Å². The molecule has 118 valence electrons. The van der Waals surface area contributed by atoms with Gasteiger partial charge in [-0.3, -0.25) is 0 Å². The van der Waals surface area contributed by atoms with Crippen molar-refractivity contribution in [2.75, 3.05) is 20.2 Å². The number of nitrogens with zero attached hydrogens (tertiary/aromatic N) is 1. The topological polar surface area (TPSA) is 46.6 Å². The normalized spacial score (nSPS) is 19.4. The van der Waals surface area contributed by atoms with Crippen molar-refractivity contribution in [3.63, 3.8) is 0 Å². The molecule has 1 heterocycles. The first-order valence-electron chi connectivity index (χ1n) is 7.03. The minimum absolute atomic E-state index is 0.216. The smallest absolute Gasteiger partial charge is 0.243 e. The summed E-state index contributed by atoms with van der Waals surface area (Å²) in [6, 6.07) is 4.86. The number of sulfonamides is 1. The summed E-state index contributed by atoms with van der Waals surface area (Å²) in [4.78, 5) is 0.290. The van der Waals surface area contributed by atoms with E-state index in [2.05, 4.69) is 13.8 Å². The molecule has 2 rings (SSSR count). The van der Waals surface area contributed by atoms with Crippen molar-refractivity contribution >= 4 is 21.6 Å². The van der Waals surface area contributed by atoms with Crippen LogP contribution < -0.4 is 4.74 Å². The van der Waals surface area contributed by atoms with Crippen LogP contribution in [0.4, 0.5) is 0 Å². The van der Waals surface area contributed by atoms with Gasteiger partial charge in [0.25, 0.3) is 0 Å². The van der Waals surface area contributed by atoms with Gasteiger partial charge in [0.1, 0.15) is 5.75 Å². The fraction of sp³-hybridized carbons (Fsp3) is 0.600. The molecule has 1 aliphatic rings. The van der Waals surface area contributed by atoms with Gasteiger partial charge in [-0.25, -0.2) is 8.42 Å². The van der Waals surface area contributed by atoms with Gasteiger partial charge in [-0.15, -0.1) is 11.6 Å². The van der Waals surface area contributed by atoms with Crippen LogP contribution in [0.25, 0.3) is 0 Å². The Labute approximate surface area is 132 Å². The third kappa shape index (κ3) is 3.52. The summed E-state index contributed by atoms with van der Waals surface area (Å²) < 4.78 is 32.2. The highest BCUT2D eigenvalue weighted by Gasteiger charge is 2.32. The maximum Gasteiger partial charge on any atom is 0.243 e. The van der Waals surface area contributed by atoms with Crippen LogP contribution in [0.1, 0.15) is 32.3 Å². The predicted molar refractivity (Wildman–Crippen MR) is 84.3 cm³/mol. The van der Waals surface area contributed by atoms with Crippen LogP contribution in [-0.2, 0) is 15.9 Å². The second-order valence-electron chi connectivity index (χ2n) is 6.18. The molecule has 1 fully saturated rings. The van der Waals surface area contributed by atoms with Crippen LogP contribution in [-0.4, -0.2) is 32.9 Å². The number of alkyl halides is 1. The van der Waals surface area contributed by atoms with Crippen LogP contribution in [0, 0.1) is 5.41 Å². The van der Waals surface area contributed by atoms with E-state index in [0.29, 0.717) is 29.3 Å². The van der Waals surface area contributed by atoms with E-state index in [4.69, 9.17) is 16.3 Å². The Morgan fingerprint density at radius 3 is 2.43 bits per heavy atom. The third-order valence-corrected chi connectivity index (χ3v) is 6.29. The number of halogens is 1. The number of ether oxygens (including phenoxy) is 1. The van der Waals surface area contributed by atoms with Crippen molar-refractivity contribution in [1.29, 1.82) is 0 Å². The van der Waals surface area contributed by atoms with Crippen molar-refractivity contribution in [3.05, 3.63) is 23.8 Å². The van der Waals surface area contributed by atoms with E-state index in [9.17, 15) is 8.42 Å². The molecule has 1 aromatic rings. The van der Waals surface area contributed by atoms with Crippen LogP contribution in [0.5, 0.6) is 5.75 Å². The van der Waals surface area contributed by atoms with E-state index in [1.54, 1.807) is 29.6 Å². The fourth-order valence-corrected chi connectivity index (χ4v) is 4.20. The highest BCUT2D eigenvalue weighted by Crippen LogP contribution is 2.33. The average molecular weight is 332 g/mol. The monoisotopic (exact) mass is 331 g/mol. The molecule has 6 heteroatoms. The summed E-state index contributed by atoms with van der Waals surface area (Å²) in [5.41, 5.74) is 0.908. The van der Waals surface area contributed by atoms with E-state index in [1.807, 2.05) is 0 Å². The third-order valence-electron chi connectivity index (χ3n) is 4.11. The highest BCUT2D eigenvalue weighted by molar-refractivity contribution is 7.89. The van der Waals surface area contributed by atoms with Gasteiger partial charge in [0.2, 0.25) is 10.0 Å². The van der Waals surface area contributed by atoms with Crippen molar-refractivity contribution in [3.8, 4) is 5.75 Å². The van der Waals surface area contributed by atoms with E-state index >= 15 is 0 Å². The molecule has 0 aliphatic carbocycles. The van der Waals surface area contributed by atoms with Gasteiger partial charge in [0, 0.05) is 18.7 Å². The van der Waals surface area contributed by atoms with Crippen LogP contribution in [0.3, 0.4) is 0 Å². The first kappa shape index (κ1) is 16.6. The first-order valence-corrected chi connectivity index (χ1v) is 9.01.